The number of carbonyl (C=O) groups excluding carboxylic acids is 1. The third kappa shape index (κ3) is 4.60. The van der Waals surface area contributed by atoms with Crippen molar-refractivity contribution in [2.75, 3.05) is 13.1 Å². The van der Waals surface area contributed by atoms with Crippen LogP contribution in [0.5, 0.6) is 5.75 Å². The summed E-state index contributed by atoms with van der Waals surface area (Å²) in [5.74, 6) is -0.00873. The number of piperidine rings is 1. The van der Waals surface area contributed by atoms with Gasteiger partial charge in [0.05, 0.1) is 10.9 Å². The third-order valence-corrected chi connectivity index (χ3v) is 7.88. The Kier molecular flexibility index (Phi) is 5.79. The van der Waals surface area contributed by atoms with Crippen molar-refractivity contribution in [1.29, 1.82) is 0 Å². The number of hydrogen-bond acceptors (Lipinski definition) is 4. The maximum atomic E-state index is 13.1. The van der Waals surface area contributed by atoms with Gasteiger partial charge in [0.25, 0.3) is 0 Å². The molecule has 2 heterocycles. The molecule has 1 fully saturated rings. The fourth-order valence-electron chi connectivity index (χ4n) is 4.33. The van der Waals surface area contributed by atoms with Crippen molar-refractivity contribution in [1.82, 2.24) is 9.62 Å². The van der Waals surface area contributed by atoms with Crippen molar-refractivity contribution in [2.45, 2.75) is 49.6 Å². The quantitative estimate of drug-likeness (QED) is 0.778. The Morgan fingerprint density at radius 1 is 1.10 bits per heavy atom. The van der Waals surface area contributed by atoms with Gasteiger partial charge in [0.2, 0.25) is 15.9 Å². The molecule has 2 aromatic carbocycles. The summed E-state index contributed by atoms with van der Waals surface area (Å²) in [5.41, 5.74) is 0.574. The first kappa shape index (κ1) is 21.8. The summed E-state index contributed by atoms with van der Waals surface area (Å²) in [6, 6.07) is 12.4. The van der Waals surface area contributed by atoms with Crippen LogP contribution in [0.3, 0.4) is 0 Å². The van der Waals surface area contributed by atoms with Gasteiger partial charge < -0.3 is 10.1 Å². The molecule has 0 saturated carbocycles. The minimum atomic E-state index is -3.69. The number of para-hydroxylation sites is 1. The normalized spacial score (nSPS) is 21.7. The first-order valence-electron chi connectivity index (χ1n) is 10.5. The molecule has 1 amide bonds. The second kappa shape index (κ2) is 8.24. The highest BCUT2D eigenvalue weighted by atomic mass is 32.2. The van der Waals surface area contributed by atoms with Crippen molar-refractivity contribution in [3.05, 3.63) is 59.9 Å². The maximum Gasteiger partial charge on any atom is 0.243 e. The van der Waals surface area contributed by atoms with Crippen LogP contribution < -0.4 is 10.1 Å². The highest BCUT2D eigenvalue weighted by Crippen LogP contribution is 2.39. The van der Waals surface area contributed by atoms with E-state index in [9.17, 15) is 17.6 Å². The van der Waals surface area contributed by atoms with Crippen LogP contribution in [-0.4, -0.2) is 37.3 Å². The zero-order valence-electron chi connectivity index (χ0n) is 17.7. The van der Waals surface area contributed by atoms with Gasteiger partial charge in [0, 0.05) is 31.0 Å². The number of nitrogens with zero attached hydrogens (tertiary/aromatic N) is 1. The summed E-state index contributed by atoms with van der Waals surface area (Å²) in [6.07, 6.45) is 1.55. The smallest absolute Gasteiger partial charge is 0.243 e. The average molecular weight is 447 g/mol. The lowest BCUT2D eigenvalue weighted by Crippen LogP contribution is -2.46. The first-order valence-corrected chi connectivity index (χ1v) is 11.9. The van der Waals surface area contributed by atoms with Gasteiger partial charge in [-0.25, -0.2) is 12.8 Å². The Morgan fingerprint density at radius 2 is 1.74 bits per heavy atom. The molecule has 4 rings (SSSR count). The van der Waals surface area contributed by atoms with Crippen molar-refractivity contribution in [3.8, 4) is 5.75 Å². The van der Waals surface area contributed by atoms with E-state index < -0.39 is 15.8 Å². The number of ether oxygens (including phenoxy) is 1. The van der Waals surface area contributed by atoms with Crippen LogP contribution in [0.2, 0.25) is 0 Å². The minimum Gasteiger partial charge on any atom is -0.487 e. The van der Waals surface area contributed by atoms with Crippen LogP contribution in [0.25, 0.3) is 0 Å². The number of halogens is 1. The van der Waals surface area contributed by atoms with Crippen LogP contribution in [0.1, 0.15) is 44.7 Å². The van der Waals surface area contributed by atoms with E-state index in [1.54, 1.807) is 0 Å². The van der Waals surface area contributed by atoms with E-state index in [-0.39, 0.29) is 41.5 Å². The fourth-order valence-corrected chi connectivity index (χ4v) is 5.80. The molecule has 0 aliphatic carbocycles. The summed E-state index contributed by atoms with van der Waals surface area (Å²) < 4.78 is 46.1. The molecule has 2 aliphatic heterocycles. The van der Waals surface area contributed by atoms with Crippen molar-refractivity contribution in [3.63, 3.8) is 0 Å². The van der Waals surface area contributed by atoms with Gasteiger partial charge in [-0.1, -0.05) is 18.2 Å². The number of fused-ring (bicyclic) bond motifs is 1. The van der Waals surface area contributed by atoms with Gasteiger partial charge >= 0.3 is 0 Å². The molecule has 1 atom stereocenters. The topological polar surface area (TPSA) is 75.7 Å². The molecule has 0 bridgehead atoms. The van der Waals surface area contributed by atoms with Crippen LogP contribution in [0.15, 0.2) is 53.4 Å². The number of nitrogens with one attached hydrogen (secondary N) is 1. The van der Waals surface area contributed by atoms with E-state index in [1.807, 2.05) is 38.1 Å². The van der Waals surface area contributed by atoms with Crippen LogP contribution in [0, 0.1) is 11.7 Å². The van der Waals surface area contributed by atoms with Gasteiger partial charge in [0.1, 0.15) is 17.2 Å². The van der Waals surface area contributed by atoms with E-state index >= 15 is 0 Å². The number of sulfonamides is 1. The van der Waals surface area contributed by atoms with Gasteiger partial charge in [-0.15, -0.1) is 0 Å². The Labute approximate surface area is 182 Å². The molecule has 166 valence electrons. The SMILES string of the molecule is CC1(C)C[C@@H](NC(=O)C2CCN(S(=O)(=O)c3ccc(F)cc3)CC2)c2ccccc2O1. The molecular weight excluding hydrogens is 419 g/mol. The molecule has 31 heavy (non-hydrogen) atoms. The summed E-state index contributed by atoms with van der Waals surface area (Å²) in [5, 5.41) is 3.16. The standard InChI is InChI=1S/C23H27FN2O4S/c1-23(2)15-20(19-5-3-4-6-21(19)30-23)25-22(27)16-11-13-26(14-12-16)31(28,29)18-9-7-17(24)8-10-18/h3-10,16,20H,11-15H2,1-2H3,(H,25,27)/t20-/m1/s1. The first-order chi connectivity index (χ1) is 14.7. The molecule has 0 radical (unpaired) electrons. The molecule has 2 aliphatic rings. The summed E-state index contributed by atoms with van der Waals surface area (Å²) in [6.45, 7) is 4.52. The molecule has 0 spiro atoms. The number of benzene rings is 2. The zero-order chi connectivity index (χ0) is 22.2. The lowest BCUT2D eigenvalue weighted by atomic mass is 9.88. The van der Waals surface area contributed by atoms with E-state index in [2.05, 4.69) is 5.32 Å². The van der Waals surface area contributed by atoms with Crippen LogP contribution in [0.4, 0.5) is 4.39 Å². The Balaban J connectivity index is 1.40. The van der Waals surface area contributed by atoms with E-state index in [4.69, 9.17) is 4.74 Å². The second-order valence-corrected chi connectivity index (χ2v) is 10.7. The maximum absolute atomic E-state index is 13.1. The largest absolute Gasteiger partial charge is 0.487 e. The number of hydrogen-bond donors (Lipinski definition) is 1. The minimum absolute atomic E-state index is 0.0590. The molecule has 8 heteroatoms. The highest BCUT2D eigenvalue weighted by molar-refractivity contribution is 7.89. The Hall–Kier alpha value is -2.45. The molecule has 1 N–H and O–H groups in total. The number of amides is 1. The monoisotopic (exact) mass is 446 g/mol. The average Bonchev–Trinajstić information content (AvgIpc) is 2.73. The van der Waals surface area contributed by atoms with Gasteiger partial charge in [-0.05, 0) is 57.0 Å². The fraction of sp³-hybridized carbons (Fsp3) is 0.435. The van der Waals surface area contributed by atoms with Crippen LogP contribution >= 0.6 is 0 Å². The summed E-state index contributed by atoms with van der Waals surface area (Å²) in [7, 11) is -3.69. The van der Waals surface area contributed by atoms with Gasteiger partial charge in [-0.3, -0.25) is 4.79 Å². The highest BCUT2D eigenvalue weighted by Gasteiger charge is 2.37. The zero-order valence-corrected chi connectivity index (χ0v) is 18.5. The van der Waals surface area contributed by atoms with E-state index in [1.165, 1.54) is 16.4 Å². The number of rotatable bonds is 4. The number of carbonyl (C=O) groups is 1. The molecule has 1 saturated heterocycles. The predicted molar refractivity (Wildman–Crippen MR) is 115 cm³/mol. The molecule has 0 aromatic heterocycles. The summed E-state index contributed by atoms with van der Waals surface area (Å²) >= 11 is 0. The molecule has 2 aromatic rings. The van der Waals surface area contributed by atoms with Crippen molar-refractivity contribution >= 4 is 15.9 Å². The third-order valence-electron chi connectivity index (χ3n) is 5.97. The van der Waals surface area contributed by atoms with E-state index in [0.717, 1.165) is 23.4 Å². The Bertz CT molecular complexity index is 1060. The van der Waals surface area contributed by atoms with Crippen LogP contribution in [-0.2, 0) is 14.8 Å². The molecular formula is C23H27FN2O4S. The van der Waals surface area contributed by atoms with Crippen molar-refractivity contribution in [2.24, 2.45) is 5.92 Å². The van der Waals surface area contributed by atoms with Gasteiger partial charge in [-0.2, -0.15) is 4.31 Å². The van der Waals surface area contributed by atoms with Gasteiger partial charge in [0.15, 0.2) is 0 Å². The molecule has 6 nitrogen and oxygen atoms in total. The second-order valence-electron chi connectivity index (χ2n) is 8.80. The Morgan fingerprint density at radius 3 is 2.42 bits per heavy atom. The predicted octanol–water partition coefficient (Wildman–Crippen LogP) is 3.65. The summed E-state index contributed by atoms with van der Waals surface area (Å²) in [4.78, 5) is 13.1. The lowest BCUT2D eigenvalue weighted by molar-refractivity contribution is -0.127. The lowest BCUT2D eigenvalue weighted by Gasteiger charge is -2.39. The van der Waals surface area contributed by atoms with Crippen molar-refractivity contribution < 1.29 is 22.3 Å². The molecule has 0 unspecified atom stereocenters. The van der Waals surface area contributed by atoms with E-state index in [0.29, 0.717) is 19.3 Å².